The minimum Gasteiger partial charge on any atom is -0.493 e. The van der Waals surface area contributed by atoms with E-state index in [1.54, 1.807) is 13.3 Å². The number of benzene rings is 1. The van der Waals surface area contributed by atoms with Gasteiger partial charge in [0.15, 0.2) is 5.75 Å². The van der Waals surface area contributed by atoms with Crippen LogP contribution in [0.25, 0.3) is 10.1 Å². The van der Waals surface area contributed by atoms with Crippen molar-refractivity contribution in [3.8, 4) is 5.75 Å². The van der Waals surface area contributed by atoms with Crippen LogP contribution in [0.1, 0.15) is 12.0 Å². The van der Waals surface area contributed by atoms with Crippen LogP contribution in [0.4, 0.5) is 5.69 Å². The summed E-state index contributed by atoms with van der Waals surface area (Å²) in [6.45, 7) is 5.47. The van der Waals surface area contributed by atoms with Crippen molar-refractivity contribution in [1.82, 2.24) is 9.88 Å². The third kappa shape index (κ3) is 3.69. The first kappa shape index (κ1) is 17.3. The number of methoxy groups -OCH3 is 1. The molecule has 0 spiro atoms. The Morgan fingerprint density at radius 2 is 1.96 bits per heavy atom. The summed E-state index contributed by atoms with van der Waals surface area (Å²) in [5.74, 6) is 0.866. The zero-order chi connectivity index (χ0) is 17.8. The molecule has 1 fully saturated rings. The van der Waals surface area contributed by atoms with Crippen molar-refractivity contribution < 1.29 is 4.74 Å². The fraction of sp³-hybridized carbons (Fsp3) is 0.381. The van der Waals surface area contributed by atoms with Gasteiger partial charge in [0.25, 0.3) is 0 Å². The summed E-state index contributed by atoms with van der Waals surface area (Å²) in [7, 11) is 1.71. The predicted octanol–water partition coefficient (Wildman–Crippen LogP) is 4.06. The fourth-order valence-corrected chi connectivity index (χ4v) is 4.72. The Morgan fingerprint density at radius 3 is 2.81 bits per heavy atom. The van der Waals surface area contributed by atoms with Gasteiger partial charge >= 0.3 is 0 Å². The lowest BCUT2D eigenvalue weighted by Gasteiger charge is -2.36. The molecule has 26 heavy (non-hydrogen) atoms. The molecule has 0 bridgehead atoms. The second-order valence-electron chi connectivity index (χ2n) is 6.74. The third-order valence-electron chi connectivity index (χ3n) is 5.18. The van der Waals surface area contributed by atoms with Crippen LogP contribution in [-0.4, -0.2) is 49.7 Å². The summed E-state index contributed by atoms with van der Waals surface area (Å²) in [5, 5.41) is 3.77. The van der Waals surface area contributed by atoms with Crippen LogP contribution in [0.2, 0.25) is 0 Å². The van der Waals surface area contributed by atoms with Crippen molar-refractivity contribution >= 4 is 27.1 Å². The van der Waals surface area contributed by atoms with E-state index in [2.05, 4.69) is 50.5 Å². The van der Waals surface area contributed by atoms with E-state index in [9.17, 15) is 0 Å². The Bertz CT molecular complexity index is 855. The minimum atomic E-state index is 0.866. The number of aryl methyl sites for hydroxylation is 1. The van der Waals surface area contributed by atoms with E-state index >= 15 is 0 Å². The summed E-state index contributed by atoms with van der Waals surface area (Å²) in [5.41, 5.74) is 2.66. The number of hydrogen-bond donors (Lipinski definition) is 0. The van der Waals surface area contributed by atoms with Gasteiger partial charge in [0.05, 0.1) is 19.0 Å². The quantitative estimate of drug-likeness (QED) is 0.657. The normalized spacial score (nSPS) is 15.5. The molecular weight excluding hydrogens is 342 g/mol. The largest absolute Gasteiger partial charge is 0.493 e. The highest BCUT2D eigenvalue weighted by molar-refractivity contribution is 7.17. The number of thiophene rings is 1. The summed E-state index contributed by atoms with van der Waals surface area (Å²) in [6, 6.07) is 10.8. The zero-order valence-electron chi connectivity index (χ0n) is 15.2. The minimum absolute atomic E-state index is 0.866. The summed E-state index contributed by atoms with van der Waals surface area (Å²) < 4.78 is 6.85. The van der Waals surface area contributed by atoms with Gasteiger partial charge in [-0.1, -0.05) is 18.2 Å². The lowest BCUT2D eigenvalue weighted by Crippen LogP contribution is -2.46. The maximum atomic E-state index is 5.45. The molecular formula is C21H25N3OS. The Balaban J connectivity index is 1.28. The monoisotopic (exact) mass is 367 g/mol. The standard InChI is InChI=1S/C21H25N3OS/c1-25-20-15-22-9-8-19(20)24-13-11-23(12-14-24)10-4-5-17-16-26-21-7-3-2-6-18(17)21/h2-3,6-9,15-16H,4-5,10-14H2,1H3. The number of fused-ring (bicyclic) bond motifs is 1. The van der Waals surface area contributed by atoms with Gasteiger partial charge in [0, 0.05) is 37.1 Å². The molecule has 0 amide bonds. The lowest BCUT2D eigenvalue weighted by molar-refractivity contribution is 0.254. The van der Waals surface area contributed by atoms with Crippen LogP contribution < -0.4 is 9.64 Å². The van der Waals surface area contributed by atoms with Crippen LogP contribution in [0.15, 0.2) is 48.1 Å². The topological polar surface area (TPSA) is 28.6 Å². The van der Waals surface area contributed by atoms with E-state index in [0.717, 1.165) is 37.6 Å². The van der Waals surface area contributed by atoms with Gasteiger partial charge in [-0.25, -0.2) is 0 Å². The zero-order valence-corrected chi connectivity index (χ0v) is 16.0. The second kappa shape index (κ2) is 8.06. The highest BCUT2D eigenvalue weighted by Crippen LogP contribution is 2.28. The van der Waals surface area contributed by atoms with Crippen molar-refractivity contribution in [2.45, 2.75) is 12.8 Å². The number of pyridine rings is 1. The molecule has 0 N–H and O–H groups in total. The molecule has 4 nitrogen and oxygen atoms in total. The highest BCUT2D eigenvalue weighted by Gasteiger charge is 2.19. The van der Waals surface area contributed by atoms with E-state index in [-0.39, 0.29) is 0 Å². The van der Waals surface area contributed by atoms with Crippen molar-refractivity contribution in [3.05, 3.63) is 53.7 Å². The first-order valence-corrected chi connectivity index (χ1v) is 10.1. The van der Waals surface area contributed by atoms with E-state index in [0.29, 0.717) is 0 Å². The summed E-state index contributed by atoms with van der Waals surface area (Å²) in [6.07, 6.45) is 6.03. The Morgan fingerprint density at radius 1 is 1.12 bits per heavy atom. The number of piperazine rings is 1. The smallest absolute Gasteiger partial charge is 0.160 e. The predicted molar refractivity (Wildman–Crippen MR) is 110 cm³/mol. The van der Waals surface area contributed by atoms with Gasteiger partial charge in [-0.3, -0.25) is 9.88 Å². The lowest BCUT2D eigenvalue weighted by atomic mass is 10.1. The molecule has 1 aliphatic rings. The molecule has 1 aliphatic heterocycles. The molecule has 0 radical (unpaired) electrons. The maximum Gasteiger partial charge on any atom is 0.160 e. The number of anilines is 1. The van der Waals surface area contributed by atoms with Crippen LogP contribution in [0.5, 0.6) is 5.75 Å². The van der Waals surface area contributed by atoms with Gasteiger partial charge in [0.2, 0.25) is 0 Å². The van der Waals surface area contributed by atoms with Crippen LogP contribution in [0.3, 0.4) is 0 Å². The van der Waals surface area contributed by atoms with Gasteiger partial charge in [-0.05, 0) is 47.8 Å². The third-order valence-corrected chi connectivity index (χ3v) is 6.19. The first-order valence-electron chi connectivity index (χ1n) is 9.25. The SMILES string of the molecule is COc1cnccc1N1CCN(CCCc2csc3ccccc23)CC1. The van der Waals surface area contributed by atoms with Gasteiger partial charge in [0.1, 0.15) is 0 Å². The molecule has 0 saturated carbocycles. The maximum absolute atomic E-state index is 5.45. The van der Waals surface area contributed by atoms with Crippen LogP contribution >= 0.6 is 11.3 Å². The molecule has 4 rings (SSSR count). The summed E-state index contributed by atoms with van der Waals surface area (Å²) >= 11 is 1.86. The number of rotatable bonds is 6. The molecule has 3 aromatic rings. The van der Waals surface area contributed by atoms with Crippen LogP contribution in [0, 0.1) is 0 Å². The molecule has 0 unspecified atom stereocenters. The Hall–Kier alpha value is -2.11. The molecule has 5 heteroatoms. The summed E-state index contributed by atoms with van der Waals surface area (Å²) in [4.78, 5) is 9.14. The molecule has 1 aromatic carbocycles. The molecule has 2 aromatic heterocycles. The Labute approximate surface area is 159 Å². The molecule has 3 heterocycles. The number of hydrogen-bond acceptors (Lipinski definition) is 5. The van der Waals surface area contributed by atoms with Gasteiger partial charge in [-0.2, -0.15) is 0 Å². The molecule has 136 valence electrons. The number of nitrogens with zero attached hydrogens (tertiary/aromatic N) is 3. The van der Waals surface area contributed by atoms with E-state index in [4.69, 9.17) is 4.74 Å². The van der Waals surface area contributed by atoms with Crippen molar-refractivity contribution in [3.63, 3.8) is 0 Å². The average Bonchev–Trinajstić information content (AvgIpc) is 3.12. The Kier molecular flexibility index (Phi) is 5.37. The molecule has 1 saturated heterocycles. The van der Waals surface area contributed by atoms with Crippen molar-refractivity contribution in [2.24, 2.45) is 0 Å². The van der Waals surface area contributed by atoms with E-state index in [1.165, 1.54) is 35.0 Å². The average molecular weight is 368 g/mol. The van der Waals surface area contributed by atoms with Crippen molar-refractivity contribution in [1.29, 1.82) is 0 Å². The van der Waals surface area contributed by atoms with E-state index in [1.807, 2.05) is 17.5 Å². The first-order chi connectivity index (χ1) is 12.8. The van der Waals surface area contributed by atoms with Gasteiger partial charge < -0.3 is 9.64 Å². The number of ether oxygens (including phenoxy) is 1. The molecule has 0 atom stereocenters. The van der Waals surface area contributed by atoms with Crippen LogP contribution in [-0.2, 0) is 6.42 Å². The second-order valence-corrected chi connectivity index (χ2v) is 7.65. The van der Waals surface area contributed by atoms with Crippen molar-refractivity contribution in [2.75, 3.05) is 44.7 Å². The van der Waals surface area contributed by atoms with Gasteiger partial charge in [-0.15, -0.1) is 11.3 Å². The highest BCUT2D eigenvalue weighted by atomic mass is 32.1. The fourth-order valence-electron chi connectivity index (χ4n) is 3.72. The van der Waals surface area contributed by atoms with E-state index < -0.39 is 0 Å². The number of aromatic nitrogens is 1. The molecule has 0 aliphatic carbocycles.